The van der Waals surface area contributed by atoms with Crippen molar-refractivity contribution in [2.24, 2.45) is 10.2 Å². The van der Waals surface area contributed by atoms with Gasteiger partial charge in [0, 0.05) is 18.7 Å². The number of nitro groups is 1. The van der Waals surface area contributed by atoms with Gasteiger partial charge in [0.05, 0.1) is 15.5 Å². The standard InChI is InChI=1S/C16H17N5O5S/c1-10(12-4-3-5-13(8-12)18-11(2)22)19-20-15-7-6-14(27(17,25)26)9-16(15)21(23)24/h3-9,20H,1-2H3,(H,18,22)(H2,17,25,26). The molecule has 2 aromatic carbocycles. The third-order valence-corrected chi connectivity index (χ3v) is 4.35. The molecule has 0 spiro atoms. The van der Waals surface area contributed by atoms with Gasteiger partial charge in [-0.25, -0.2) is 13.6 Å². The van der Waals surface area contributed by atoms with Gasteiger partial charge in [0.1, 0.15) is 5.69 Å². The Bertz CT molecular complexity index is 1030. The number of amides is 1. The van der Waals surface area contributed by atoms with Crippen LogP contribution in [-0.2, 0) is 14.8 Å². The van der Waals surface area contributed by atoms with Crippen LogP contribution in [0.15, 0.2) is 52.5 Å². The minimum absolute atomic E-state index is 0.00441. The van der Waals surface area contributed by atoms with Crippen LogP contribution in [0.2, 0.25) is 0 Å². The highest BCUT2D eigenvalue weighted by atomic mass is 32.2. The zero-order valence-corrected chi connectivity index (χ0v) is 15.3. The molecule has 0 heterocycles. The Morgan fingerprint density at radius 3 is 2.48 bits per heavy atom. The fourth-order valence-electron chi connectivity index (χ4n) is 2.17. The molecular formula is C16H17N5O5S. The van der Waals surface area contributed by atoms with Crippen molar-refractivity contribution in [3.63, 3.8) is 0 Å². The Hall–Kier alpha value is -3.31. The van der Waals surface area contributed by atoms with Gasteiger partial charge in [-0.05, 0) is 36.8 Å². The van der Waals surface area contributed by atoms with Gasteiger partial charge >= 0.3 is 0 Å². The number of carbonyl (C=O) groups excluding carboxylic acids is 1. The van der Waals surface area contributed by atoms with E-state index in [-0.39, 0.29) is 16.5 Å². The first-order chi connectivity index (χ1) is 12.6. The lowest BCUT2D eigenvalue weighted by Gasteiger charge is -2.07. The highest BCUT2D eigenvalue weighted by Crippen LogP contribution is 2.27. The summed E-state index contributed by atoms with van der Waals surface area (Å²) < 4.78 is 22.7. The number of nitrogens with two attached hydrogens (primary N) is 1. The molecule has 1 amide bonds. The topological polar surface area (TPSA) is 157 Å². The van der Waals surface area contributed by atoms with E-state index in [2.05, 4.69) is 15.8 Å². The first-order valence-electron chi connectivity index (χ1n) is 7.57. The van der Waals surface area contributed by atoms with Crippen molar-refractivity contribution in [1.82, 2.24) is 0 Å². The van der Waals surface area contributed by atoms with E-state index < -0.39 is 20.6 Å². The molecule has 27 heavy (non-hydrogen) atoms. The van der Waals surface area contributed by atoms with E-state index in [1.54, 1.807) is 31.2 Å². The molecule has 0 bridgehead atoms. The summed E-state index contributed by atoms with van der Waals surface area (Å²) in [6.45, 7) is 3.06. The molecular weight excluding hydrogens is 374 g/mol. The number of rotatable bonds is 6. The van der Waals surface area contributed by atoms with Gasteiger partial charge in [-0.15, -0.1) is 0 Å². The van der Waals surface area contributed by atoms with E-state index >= 15 is 0 Å². The molecule has 11 heteroatoms. The molecule has 10 nitrogen and oxygen atoms in total. The van der Waals surface area contributed by atoms with Crippen molar-refractivity contribution < 1.29 is 18.1 Å². The van der Waals surface area contributed by atoms with Crippen molar-refractivity contribution in [3.05, 3.63) is 58.1 Å². The smallest absolute Gasteiger partial charge is 0.295 e. The van der Waals surface area contributed by atoms with Crippen LogP contribution < -0.4 is 15.9 Å². The van der Waals surface area contributed by atoms with E-state index in [0.717, 1.165) is 12.1 Å². The SMILES string of the molecule is CC(=O)Nc1cccc(C(C)=NNc2ccc(S(N)(=O)=O)cc2[N+](=O)[O-])c1. The summed E-state index contributed by atoms with van der Waals surface area (Å²) in [7, 11) is -4.07. The van der Waals surface area contributed by atoms with Gasteiger partial charge in [-0.1, -0.05) is 12.1 Å². The van der Waals surface area contributed by atoms with Gasteiger partial charge in [-0.3, -0.25) is 20.3 Å². The number of carbonyl (C=O) groups is 1. The number of nitro benzene ring substituents is 1. The van der Waals surface area contributed by atoms with E-state index in [9.17, 15) is 23.3 Å². The van der Waals surface area contributed by atoms with Gasteiger partial charge in [0.25, 0.3) is 5.69 Å². The lowest BCUT2D eigenvalue weighted by molar-refractivity contribution is -0.384. The van der Waals surface area contributed by atoms with Crippen LogP contribution >= 0.6 is 0 Å². The van der Waals surface area contributed by atoms with Crippen molar-refractivity contribution in [2.45, 2.75) is 18.7 Å². The molecule has 0 aromatic heterocycles. The Morgan fingerprint density at radius 1 is 1.19 bits per heavy atom. The maximum Gasteiger partial charge on any atom is 0.295 e. The van der Waals surface area contributed by atoms with E-state index in [4.69, 9.17) is 5.14 Å². The highest BCUT2D eigenvalue weighted by Gasteiger charge is 2.19. The Labute approximate surface area is 155 Å². The summed E-state index contributed by atoms with van der Waals surface area (Å²) >= 11 is 0. The summed E-state index contributed by atoms with van der Waals surface area (Å²) in [6.07, 6.45) is 0. The maximum absolute atomic E-state index is 11.4. The van der Waals surface area contributed by atoms with Crippen LogP contribution in [0, 0.1) is 10.1 Å². The number of primary sulfonamides is 1. The van der Waals surface area contributed by atoms with Crippen molar-refractivity contribution >= 4 is 38.7 Å². The number of hydrogen-bond acceptors (Lipinski definition) is 7. The molecule has 142 valence electrons. The third kappa shape index (κ3) is 5.33. The van der Waals surface area contributed by atoms with Crippen LogP contribution in [0.25, 0.3) is 0 Å². The number of anilines is 2. The zero-order valence-electron chi connectivity index (χ0n) is 14.5. The van der Waals surface area contributed by atoms with Crippen LogP contribution in [-0.4, -0.2) is 25.0 Å². The van der Waals surface area contributed by atoms with Crippen molar-refractivity contribution in [1.29, 1.82) is 0 Å². The number of hydrogen-bond donors (Lipinski definition) is 3. The molecule has 0 aliphatic rings. The summed E-state index contributed by atoms with van der Waals surface area (Å²) in [5.74, 6) is -0.217. The van der Waals surface area contributed by atoms with E-state index in [1.165, 1.54) is 13.0 Å². The molecule has 0 saturated heterocycles. The fraction of sp³-hybridized carbons (Fsp3) is 0.125. The average molecular weight is 391 g/mol. The number of benzene rings is 2. The second-order valence-corrected chi connectivity index (χ2v) is 7.11. The summed E-state index contributed by atoms with van der Waals surface area (Å²) in [5.41, 5.74) is 3.83. The maximum atomic E-state index is 11.4. The molecule has 0 atom stereocenters. The van der Waals surface area contributed by atoms with E-state index in [1.807, 2.05) is 0 Å². The monoisotopic (exact) mass is 391 g/mol. The largest absolute Gasteiger partial charge is 0.326 e. The average Bonchev–Trinajstić information content (AvgIpc) is 2.58. The second kappa shape index (κ2) is 7.93. The van der Waals surface area contributed by atoms with Gasteiger partial charge in [0.15, 0.2) is 0 Å². The third-order valence-electron chi connectivity index (χ3n) is 3.44. The molecule has 2 aromatic rings. The van der Waals surface area contributed by atoms with Gasteiger partial charge in [0.2, 0.25) is 15.9 Å². The van der Waals surface area contributed by atoms with Crippen molar-refractivity contribution in [2.75, 3.05) is 10.7 Å². The predicted octanol–water partition coefficient (Wildman–Crippen LogP) is 2.04. The summed E-state index contributed by atoms with van der Waals surface area (Å²) in [6, 6.07) is 10.1. The first-order valence-corrected chi connectivity index (χ1v) is 9.12. The first kappa shape index (κ1) is 20.0. The Balaban J connectivity index is 2.31. The number of hydrazone groups is 1. The number of sulfonamides is 1. The molecule has 0 fully saturated rings. The molecule has 4 N–H and O–H groups in total. The number of nitrogens with one attached hydrogen (secondary N) is 2. The molecule has 0 aliphatic carbocycles. The lowest BCUT2D eigenvalue weighted by Crippen LogP contribution is -2.12. The summed E-state index contributed by atoms with van der Waals surface area (Å²) in [5, 5.41) is 22.9. The van der Waals surface area contributed by atoms with Crippen LogP contribution in [0.4, 0.5) is 17.1 Å². The zero-order chi connectivity index (χ0) is 20.2. The fourth-order valence-corrected chi connectivity index (χ4v) is 2.70. The quantitative estimate of drug-likeness (QED) is 0.388. The molecule has 0 aliphatic heterocycles. The van der Waals surface area contributed by atoms with Crippen LogP contribution in [0.5, 0.6) is 0 Å². The van der Waals surface area contributed by atoms with Crippen molar-refractivity contribution in [3.8, 4) is 0 Å². The molecule has 2 rings (SSSR count). The molecule has 0 saturated carbocycles. The predicted molar refractivity (Wildman–Crippen MR) is 101 cm³/mol. The Morgan fingerprint density at radius 2 is 1.89 bits per heavy atom. The number of nitrogens with zero attached hydrogens (tertiary/aromatic N) is 2. The van der Waals surface area contributed by atoms with Crippen LogP contribution in [0.3, 0.4) is 0 Å². The Kier molecular flexibility index (Phi) is 5.88. The van der Waals surface area contributed by atoms with Gasteiger partial charge in [-0.2, -0.15) is 5.10 Å². The van der Waals surface area contributed by atoms with Gasteiger partial charge < -0.3 is 5.32 Å². The molecule has 0 unspecified atom stereocenters. The highest BCUT2D eigenvalue weighted by molar-refractivity contribution is 7.89. The minimum atomic E-state index is -4.07. The minimum Gasteiger partial charge on any atom is -0.326 e. The van der Waals surface area contributed by atoms with Crippen LogP contribution in [0.1, 0.15) is 19.4 Å². The lowest BCUT2D eigenvalue weighted by atomic mass is 10.1. The van der Waals surface area contributed by atoms with E-state index in [0.29, 0.717) is 17.0 Å². The molecule has 0 radical (unpaired) electrons. The summed E-state index contributed by atoms with van der Waals surface area (Å²) in [4.78, 5) is 21.2. The second-order valence-electron chi connectivity index (χ2n) is 5.55. The normalized spacial score (nSPS) is 11.7.